The SMILES string of the molecule is CC(CCC(=O)OCN)c1cccc(C(F)(F)F)c1. The van der Waals surface area contributed by atoms with E-state index in [-0.39, 0.29) is 19.1 Å². The predicted molar refractivity (Wildman–Crippen MR) is 64.2 cm³/mol. The Balaban J connectivity index is 2.67. The van der Waals surface area contributed by atoms with Gasteiger partial charge in [-0.25, -0.2) is 0 Å². The van der Waals surface area contributed by atoms with Crippen LogP contribution in [-0.4, -0.2) is 12.7 Å². The van der Waals surface area contributed by atoms with Crippen LogP contribution in [0.5, 0.6) is 0 Å². The van der Waals surface area contributed by atoms with Crippen molar-refractivity contribution < 1.29 is 22.7 Å². The second kappa shape index (κ2) is 6.56. The summed E-state index contributed by atoms with van der Waals surface area (Å²) in [5.74, 6) is -0.603. The second-order valence-electron chi connectivity index (χ2n) is 4.25. The number of esters is 1. The number of carbonyl (C=O) groups excluding carboxylic acids is 1. The molecule has 0 radical (unpaired) electrons. The predicted octanol–water partition coefficient (Wildman–Crippen LogP) is 3.05. The molecule has 0 fully saturated rings. The van der Waals surface area contributed by atoms with E-state index in [9.17, 15) is 18.0 Å². The van der Waals surface area contributed by atoms with Gasteiger partial charge in [-0.1, -0.05) is 25.1 Å². The summed E-state index contributed by atoms with van der Waals surface area (Å²) in [7, 11) is 0. The van der Waals surface area contributed by atoms with Crippen LogP contribution in [-0.2, 0) is 15.7 Å². The van der Waals surface area contributed by atoms with Crippen molar-refractivity contribution in [3.8, 4) is 0 Å². The average molecular weight is 275 g/mol. The van der Waals surface area contributed by atoms with Crippen LogP contribution in [0.1, 0.15) is 36.8 Å². The van der Waals surface area contributed by atoms with E-state index in [1.165, 1.54) is 6.07 Å². The Bertz CT molecular complexity index is 432. The van der Waals surface area contributed by atoms with E-state index in [2.05, 4.69) is 4.74 Å². The number of carbonyl (C=O) groups is 1. The van der Waals surface area contributed by atoms with Gasteiger partial charge in [0.2, 0.25) is 0 Å². The number of rotatable bonds is 5. The van der Waals surface area contributed by atoms with Crippen molar-refractivity contribution in [1.29, 1.82) is 0 Å². The average Bonchev–Trinajstić information content (AvgIpc) is 2.35. The van der Waals surface area contributed by atoms with Gasteiger partial charge in [-0.15, -0.1) is 0 Å². The standard InChI is InChI=1S/C13H16F3NO2/c1-9(5-6-12(18)19-8-17)10-3-2-4-11(7-10)13(14,15)16/h2-4,7,9H,5-6,8,17H2,1H3. The fourth-order valence-corrected chi connectivity index (χ4v) is 1.69. The van der Waals surface area contributed by atoms with Gasteiger partial charge in [0.25, 0.3) is 0 Å². The summed E-state index contributed by atoms with van der Waals surface area (Å²) in [6.07, 6.45) is -3.80. The van der Waals surface area contributed by atoms with Crippen LogP contribution in [0.2, 0.25) is 0 Å². The van der Waals surface area contributed by atoms with Crippen LogP contribution >= 0.6 is 0 Å². The summed E-state index contributed by atoms with van der Waals surface area (Å²) in [6.45, 7) is 1.59. The van der Waals surface area contributed by atoms with Crippen molar-refractivity contribution in [2.75, 3.05) is 6.73 Å². The summed E-state index contributed by atoms with van der Waals surface area (Å²) in [5, 5.41) is 0. The molecule has 0 amide bonds. The smallest absolute Gasteiger partial charge is 0.416 e. The van der Waals surface area contributed by atoms with E-state index in [1.807, 2.05) is 0 Å². The first kappa shape index (κ1) is 15.5. The number of ether oxygens (including phenoxy) is 1. The normalized spacial score (nSPS) is 13.1. The molecule has 1 aromatic rings. The fraction of sp³-hybridized carbons (Fsp3) is 0.462. The lowest BCUT2D eigenvalue weighted by Crippen LogP contribution is -2.12. The highest BCUT2D eigenvalue weighted by atomic mass is 19.4. The van der Waals surface area contributed by atoms with Crippen LogP contribution in [0.3, 0.4) is 0 Å². The molecule has 0 aromatic heterocycles. The molecule has 0 heterocycles. The number of hydrogen-bond donors (Lipinski definition) is 1. The van der Waals surface area contributed by atoms with Crippen LogP contribution in [0, 0.1) is 0 Å². The molecule has 106 valence electrons. The Morgan fingerprint density at radius 1 is 1.42 bits per heavy atom. The Labute approximate surface area is 109 Å². The van der Waals surface area contributed by atoms with E-state index in [4.69, 9.17) is 5.73 Å². The molecule has 0 aliphatic heterocycles. The Morgan fingerprint density at radius 3 is 2.68 bits per heavy atom. The van der Waals surface area contributed by atoms with Crippen LogP contribution in [0.25, 0.3) is 0 Å². The van der Waals surface area contributed by atoms with E-state index in [1.54, 1.807) is 13.0 Å². The largest absolute Gasteiger partial charge is 0.450 e. The number of alkyl halides is 3. The van der Waals surface area contributed by atoms with Gasteiger partial charge >= 0.3 is 12.1 Å². The zero-order chi connectivity index (χ0) is 14.5. The third kappa shape index (κ3) is 4.90. The minimum absolute atomic E-state index is 0.134. The Morgan fingerprint density at radius 2 is 2.11 bits per heavy atom. The van der Waals surface area contributed by atoms with Crippen molar-refractivity contribution >= 4 is 5.97 Å². The maximum absolute atomic E-state index is 12.6. The summed E-state index contributed by atoms with van der Waals surface area (Å²) < 4.78 is 42.2. The van der Waals surface area contributed by atoms with Gasteiger partial charge < -0.3 is 4.74 Å². The third-order valence-electron chi connectivity index (χ3n) is 2.81. The number of hydrogen-bond acceptors (Lipinski definition) is 3. The van der Waals surface area contributed by atoms with E-state index >= 15 is 0 Å². The lowest BCUT2D eigenvalue weighted by Gasteiger charge is -2.14. The van der Waals surface area contributed by atoms with E-state index in [0.29, 0.717) is 12.0 Å². The third-order valence-corrected chi connectivity index (χ3v) is 2.81. The van der Waals surface area contributed by atoms with Crippen LogP contribution < -0.4 is 5.73 Å². The second-order valence-corrected chi connectivity index (χ2v) is 4.25. The molecule has 0 saturated carbocycles. The fourth-order valence-electron chi connectivity index (χ4n) is 1.69. The number of benzene rings is 1. The quantitative estimate of drug-likeness (QED) is 0.663. The number of halogens is 3. The van der Waals surface area contributed by atoms with Gasteiger partial charge in [0.1, 0.15) is 6.73 Å². The maximum Gasteiger partial charge on any atom is 0.416 e. The highest BCUT2D eigenvalue weighted by Crippen LogP contribution is 2.31. The van der Waals surface area contributed by atoms with Gasteiger partial charge in [-0.05, 0) is 24.0 Å². The van der Waals surface area contributed by atoms with Crippen molar-refractivity contribution in [2.45, 2.75) is 31.9 Å². The number of nitrogens with two attached hydrogens (primary N) is 1. The Hall–Kier alpha value is -1.56. The first-order chi connectivity index (χ1) is 8.84. The molecule has 1 atom stereocenters. The first-order valence-electron chi connectivity index (χ1n) is 5.87. The van der Waals surface area contributed by atoms with Crippen molar-refractivity contribution in [2.24, 2.45) is 5.73 Å². The van der Waals surface area contributed by atoms with Gasteiger partial charge in [-0.3, -0.25) is 10.5 Å². The molecule has 0 spiro atoms. The molecule has 0 aliphatic rings. The molecule has 0 bridgehead atoms. The lowest BCUT2D eigenvalue weighted by molar-refractivity contribution is -0.143. The highest BCUT2D eigenvalue weighted by molar-refractivity contribution is 5.69. The summed E-state index contributed by atoms with van der Waals surface area (Å²) in [5.41, 5.74) is 4.92. The summed E-state index contributed by atoms with van der Waals surface area (Å²) in [6, 6.07) is 5.12. The molecule has 0 aliphatic carbocycles. The zero-order valence-electron chi connectivity index (χ0n) is 10.5. The zero-order valence-corrected chi connectivity index (χ0v) is 10.5. The molecular formula is C13H16F3NO2. The molecule has 2 N–H and O–H groups in total. The topological polar surface area (TPSA) is 52.3 Å². The summed E-state index contributed by atoms with van der Waals surface area (Å²) >= 11 is 0. The van der Waals surface area contributed by atoms with E-state index in [0.717, 1.165) is 12.1 Å². The van der Waals surface area contributed by atoms with Gasteiger partial charge in [0.15, 0.2) is 0 Å². The van der Waals surface area contributed by atoms with Gasteiger partial charge in [-0.2, -0.15) is 13.2 Å². The van der Waals surface area contributed by atoms with Crippen LogP contribution in [0.4, 0.5) is 13.2 Å². The molecule has 19 heavy (non-hydrogen) atoms. The molecule has 0 saturated heterocycles. The highest BCUT2D eigenvalue weighted by Gasteiger charge is 2.30. The van der Waals surface area contributed by atoms with E-state index < -0.39 is 17.7 Å². The van der Waals surface area contributed by atoms with Crippen molar-refractivity contribution in [3.05, 3.63) is 35.4 Å². The van der Waals surface area contributed by atoms with Gasteiger partial charge in [0.05, 0.1) is 5.56 Å². The maximum atomic E-state index is 12.6. The summed E-state index contributed by atoms with van der Waals surface area (Å²) in [4.78, 5) is 11.1. The minimum atomic E-state index is -4.35. The molecule has 1 aromatic carbocycles. The van der Waals surface area contributed by atoms with Crippen molar-refractivity contribution in [3.63, 3.8) is 0 Å². The molecule has 1 rings (SSSR count). The van der Waals surface area contributed by atoms with Gasteiger partial charge in [0, 0.05) is 6.42 Å². The monoisotopic (exact) mass is 275 g/mol. The molecule has 1 unspecified atom stereocenters. The first-order valence-corrected chi connectivity index (χ1v) is 5.87. The molecule has 6 heteroatoms. The van der Waals surface area contributed by atoms with Crippen LogP contribution in [0.15, 0.2) is 24.3 Å². The minimum Gasteiger partial charge on any atom is -0.450 e. The lowest BCUT2D eigenvalue weighted by atomic mass is 9.95. The Kier molecular flexibility index (Phi) is 5.35. The van der Waals surface area contributed by atoms with Crippen molar-refractivity contribution in [1.82, 2.24) is 0 Å². The molecule has 3 nitrogen and oxygen atoms in total. The molecular weight excluding hydrogens is 259 g/mol.